The number of rotatable bonds is 4. The highest BCUT2D eigenvalue weighted by Crippen LogP contribution is 2.25. The smallest absolute Gasteiger partial charge is 0.250 e. The molecule has 1 unspecified atom stereocenters. The van der Waals surface area contributed by atoms with Gasteiger partial charge in [0.15, 0.2) is 6.10 Å². The van der Waals surface area contributed by atoms with Gasteiger partial charge in [-0.3, -0.25) is 4.79 Å². The second-order valence-corrected chi connectivity index (χ2v) is 3.62. The van der Waals surface area contributed by atoms with Gasteiger partial charge in [-0.15, -0.1) is 0 Å². The fourth-order valence-electron chi connectivity index (χ4n) is 1.12. The number of amides is 1. The molecule has 0 heterocycles. The van der Waals surface area contributed by atoms with Crippen molar-refractivity contribution >= 4 is 11.6 Å². The van der Waals surface area contributed by atoms with Crippen LogP contribution < -0.4 is 10.1 Å². The SMILES string of the molecule is C=C(C)C(=O)Nc1ccccc1OC(C)C#N. The highest BCUT2D eigenvalue weighted by atomic mass is 16.5. The molecule has 0 aliphatic rings. The van der Waals surface area contributed by atoms with E-state index in [4.69, 9.17) is 10.00 Å². The third kappa shape index (κ3) is 3.65. The number of hydrogen-bond acceptors (Lipinski definition) is 3. The summed E-state index contributed by atoms with van der Waals surface area (Å²) >= 11 is 0. The molecule has 4 heteroatoms. The summed E-state index contributed by atoms with van der Waals surface area (Å²) < 4.78 is 5.37. The van der Waals surface area contributed by atoms with Crippen LogP contribution in [-0.2, 0) is 4.79 Å². The maximum atomic E-state index is 11.5. The molecule has 1 N–H and O–H groups in total. The lowest BCUT2D eigenvalue weighted by Gasteiger charge is -2.13. The summed E-state index contributed by atoms with van der Waals surface area (Å²) in [5.74, 6) is 0.196. The molecule has 1 aromatic carbocycles. The Morgan fingerprint density at radius 1 is 1.53 bits per heavy atom. The minimum atomic E-state index is -0.571. The van der Waals surface area contributed by atoms with Crippen LogP contribution in [0.2, 0.25) is 0 Å². The van der Waals surface area contributed by atoms with Crippen LogP contribution in [-0.4, -0.2) is 12.0 Å². The molecule has 0 saturated carbocycles. The first-order valence-electron chi connectivity index (χ1n) is 5.16. The number of ether oxygens (including phenoxy) is 1. The second-order valence-electron chi connectivity index (χ2n) is 3.62. The zero-order chi connectivity index (χ0) is 12.8. The number of carbonyl (C=O) groups excluding carboxylic acids is 1. The zero-order valence-corrected chi connectivity index (χ0v) is 9.86. The lowest BCUT2D eigenvalue weighted by Crippen LogP contribution is -2.15. The van der Waals surface area contributed by atoms with Gasteiger partial charge in [0.25, 0.3) is 5.91 Å². The topological polar surface area (TPSA) is 62.1 Å². The van der Waals surface area contributed by atoms with Gasteiger partial charge in [0, 0.05) is 5.57 Å². The lowest BCUT2D eigenvalue weighted by molar-refractivity contribution is -0.112. The third-order valence-corrected chi connectivity index (χ3v) is 2.01. The molecule has 0 saturated heterocycles. The summed E-state index contributed by atoms with van der Waals surface area (Å²) in [6, 6.07) is 8.92. The Morgan fingerprint density at radius 3 is 2.76 bits per heavy atom. The largest absolute Gasteiger partial charge is 0.474 e. The molecular weight excluding hydrogens is 216 g/mol. The Hall–Kier alpha value is -2.28. The van der Waals surface area contributed by atoms with E-state index in [2.05, 4.69) is 11.9 Å². The fraction of sp³-hybridized carbons (Fsp3) is 0.231. The predicted molar refractivity (Wildman–Crippen MR) is 65.6 cm³/mol. The quantitative estimate of drug-likeness (QED) is 0.808. The van der Waals surface area contributed by atoms with Crippen molar-refractivity contribution in [3.63, 3.8) is 0 Å². The van der Waals surface area contributed by atoms with E-state index >= 15 is 0 Å². The fourth-order valence-corrected chi connectivity index (χ4v) is 1.12. The molecular formula is C13H14N2O2. The van der Waals surface area contributed by atoms with Crippen LogP contribution in [0.15, 0.2) is 36.4 Å². The number of anilines is 1. The molecule has 0 bridgehead atoms. The van der Waals surface area contributed by atoms with E-state index in [9.17, 15) is 4.79 Å². The van der Waals surface area contributed by atoms with Crippen molar-refractivity contribution in [2.45, 2.75) is 20.0 Å². The molecule has 88 valence electrons. The van der Waals surface area contributed by atoms with Gasteiger partial charge in [-0.25, -0.2) is 0 Å². The molecule has 0 fully saturated rings. The van der Waals surface area contributed by atoms with Crippen molar-refractivity contribution in [1.29, 1.82) is 5.26 Å². The van der Waals surface area contributed by atoms with E-state index in [0.29, 0.717) is 17.0 Å². The van der Waals surface area contributed by atoms with Gasteiger partial charge in [0.1, 0.15) is 11.8 Å². The Bertz CT molecular complexity index is 475. The van der Waals surface area contributed by atoms with Crippen molar-refractivity contribution in [3.05, 3.63) is 36.4 Å². The van der Waals surface area contributed by atoms with Crippen LogP contribution >= 0.6 is 0 Å². The number of benzene rings is 1. The van der Waals surface area contributed by atoms with Crippen LogP contribution in [0.25, 0.3) is 0 Å². The molecule has 1 atom stereocenters. The van der Waals surface area contributed by atoms with Gasteiger partial charge in [-0.1, -0.05) is 18.7 Å². The molecule has 0 aromatic heterocycles. The highest BCUT2D eigenvalue weighted by molar-refractivity contribution is 6.03. The molecule has 1 rings (SSSR count). The minimum absolute atomic E-state index is 0.273. The first-order valence-corrected chi connectivity index (χ1v) is 5.16. The summed E-state index contributed by atoms with van der Waals surface area (Å²) in [6.45, 7) is 6.81. The zero-order valence-electron chi connectivity index (χ0n) is 9.86. The van der Waals surface area contributed by atoms with E-state index in [0.717, 1.165) is 0 Å². The molecule has 0 aliphatic heterocycles. The average Bonchev–Trinajstić information content (AvgIpc) is 2.31. The Balaban J connectivity index is 2.89. The Labute approximate surface area is 101 Å². The summed E-state index contributed by atoms with van der Waals surface area (Å²) in [4.78, 5) is 11.5. The maximum absolute atomic E-state index is 11.5. The summed E-state index contributed by atoms with van der Waals surface area (Å²) in [5.41, 5.74) is 0.940. The Morgan fingerprint density at radius 2 is 2.18 bits per heavy atom. The maximum Gasteiger partial charge on any atom is 0.250 e. The van der Waals surface area contributed by atoms with Crippen molar-refractivity contribution in [2.75, 3.05) is 5.32 Å². The van der Waals surface area contributed by atoms with Gasteiger partial charge in [-0.05, 0) is 26.0 Å². The predicted octanol–water partition coefficient (Wildman–Crippen LogP) is 2.49. The number of nitrogens with one attached hydrogen (secondary N) is 1. The van der Waals surface area contributed by atoms with E-state index in [1.54, 1.807) is 38.1 Å². The molecule has 1 aromatic rings. The van der Waals surface area contributed by atoms with Crippen molar-refractivity contribution in [3.8, 4) is 11.8 Å². The monoisotopic (exact) mass is 230 g/mol. The van der Waals surface area contributed by atoms with E-state index < -0.39 is 6.10 Å². The van der Waals surface area contributed by atoms with Crippen LogP contribution in [0.5, 0.6) is 5.75 Å². The number of carbonyl (C=O) groups is 1. The minimum Gasteiger partial charge on any atom is -0.474 e. The second kappa shape index (κ2) is 5.71. The number of nitriles is 1. The van der Waals surface area contributed by atoms with Gasteiger partial charge in [-0.2, -0.15) is 5.26 Å². The Kier molecular flexibility index (Phi) is 4.29. The van der Waals surface area contributed by atoms with E-state index in [1.165, 1.54) is 0 Å². The standard InChI is InChI=1S/C13H14N2O2/c1-9(2)13(16)15-11-6-4-5-7-12(11)17-10(3)8-14/h4-7,10H,1H2,2-3H3,(H,15,16). The lowest BCUT2D eigenvalue weighted by atomic mass is 10.2. The van der Waals surface area contributed by atoms with Crippen molar-refractivity contribution in [1.82, 2.24) is 0 Å². The summed E-state index contributed by atoms with van der Waals surface area (Å²) in [5, 5.41) is 11.3. The van der Waals surface area contributed by atoms with Gasteiger partial charge in [0.2, 0.25) is 0 Å². The van der Waals surface area contributed by atoms with Gasteiger partial charge in [0.05, 0.1) is 5.69 Å². The van der Waals surface area contributed by atoms with Gasteiger partial charge < -0.3 is 10.1 Å². The molecule has 0 aliphatic carbocycles. The van der Waals surface area contributed by atoms with Crippen molar-refractivity contribution < 1.29 is 9.53 Å². The third-order valence-electron chi connectivity index (χ3n) is 2.01. The molecule has 4 nitrogen and oxygen atoms in total. The van der Waals surface area contributed by atoms with E-state index in [-0.39, 0.29) is 5.91 Å². The molecule has 1 amide bonds. The van der Waals surface area contributed by atoms with Crippen LogP contribution in [0.3, 0.4) is 0 Å². The normalized spacial score (nSPS) is 11.1. The number of nitrogens with zero attached hydrogens (tertiary/aromatic N) is 1. The number of hydrogen-bond donors (Lipinski definition) is 1. The average molecular weight is 230 g/mol. The number of para-hydroxylation sites is 2. The van der Waals surface area contributed by atoms with Gasteiger partial charge >= 0.3 is 0 Å². The van der Waals surface area contributed by atoms with E-state index in [1.807, 2.05) is 6.07 Å². The molecule has 0 radical (unpaired) electrons. The summed E-state index contributed by atoms with van der Waals surface area (Å²) in [7, 11) is 0. The molecule has 17 heavy (non-hydrogen) atoms. The first-order chi connectivity index (χ1) is 8.04. The highest BCUT2D eigenvalue weighted by Gasteiger charge is 2.10. The van der Waals surface area contributed by atoms with Crippen LogP contribution in [0, 0.1) is 11.3 Å². The van der Waals surface area contributed by atoms with Crippen LogP contribution in [0.1, 0.15) is 13.8 Å². The molecule has 0 spiro atoms. The van der Waals surface area contributed by atoms with Crippen molar-refractivity contribution in [2.24, 2.45) is 0 Å². The van der Waals surface area contributed by atoms with Crippen LogP contribution in [0.4, 0.5) is 5.69 Å². The first kappa shape index (κ1) is 12.8. The summed E-state index contributed by atoms with van der Waals surface area (Å²) in [6.07, 6.45) is -0.571.